The van der Waals surface area contributed by atoms with Crippen molar-refractivity contribution < 1.29 is 51.9 Å². The number of rotatable bonds is 6. The molecule has 86 heavy (non-hydrogen) atoms. The Morgan fingerprint density at radius 1 is 0.221 bits per heavy atom. The summed E-state index contributed by atoms with van der Waals surface area (Å²) < 4.78 is 0. The molecule has 0 heterocycles. The summed E-state index contributed by atoms with van der Waals surface area (Å²) >= 11 is 0. The number of hydrogen-bond acceptors (Lipinski definition) is 3. The standard InChI is InChI=1S/3C27H36O.O.U/c3*1-16-2-23(26-10-17-4-18(11-26)6-19(5-17)12-26)25(28)24(3-16)27-13-20-7-21(14-27)9-22(8-20)15-27;;/h3*2-3,17-22,28H,4-15H2,1H3;;/q;;;-2;/p-3. The van der Waals surface area contributed by atoms with Gasteiger partial charge in [-0.25, -0.2) is 0 Å². The largest absolute Gasteiger partial charge is 2.00 e. The van der Waals surface area contributed by atoms with Crippen LogP contribution in [0.4, 0.5) is 0 Å². The Morgan fingerprint density at radius 3 is 0.407 bits per heavy atom. The molecule has 0 amide bonds. The van der Waals surface area contributed by atoms with Gasteiger partial charge in [0.05, 0.1) is 0 Å². The van der Waals surface area contributed by atoms with Gasteiger partial charge in [0.1, 0.15) is 0 Å². The third kappa shape index (κ3) is 9.06. The Labute approximate surface area is 542 Å². The molecule has 4 nitrogen and oxygen atoms in total. The maximum atomic E-state index is 14.2. The van der Waals surface area contributed by atoms with Crippen molar-refractivity contribution in [3.63, 3.8) is 0 Å². The Kier molecular flexibility index (Phi) is 13.7. The monoisotopic (exact) mass is 1380 g/mol. The zero-order valence-corrected chi connectivity index (χ0v) is 57.6. The van der Waals surface area contributed by atoms with Crippen LogP contribution in [-0.2, 0) is 38.0 Å². The average Bonchev–Trinajstić information content (AvgIpc) is 0.802. The first-order chi connectivity index (χ1) is 40.5. The number of hydrogen-bond donors (Lipinski definition) is 0. The minimum absolute atomic E-state index is 0. The van der Waals surface area contributed by atoms with Gasteiger partial charge in [-0.1, -0.05) is 53.1 Å². The van der Waals surface area contributed by atoms with Crippen molar-refractivity contribution in [2.75, 3.05) is 0 Å². The van der Waals surface area contributed by atoms with Crippen LogP contribution in [0.5, 0.6) is 17.2 Å². The molecule has 24 aliphatic carbocycles. The smallest absolute Gasteiger partial charge is 0 e. The molecule has 0 N–H and O–H groups in total. The van der Waals surface area contributed by atoms with E-state index in [4.69, 9.17) is 0 Å². The van der Waals surface area contributed by atoms with Crippen molar-refractivity contribution in [3.8, 4) is 17.2 Å². The van der Waals surface area contributed by atoms with Gasteiger partial charge >= 0.3 is 0 Å². The molecule has 0 spiro atoms. The molecule has 0 saturated heterocycles. The van der Waals surface area contributed by atoms with Gasteiger partial charge in [0, 0.05) is 31.1 Å². The van der Waals surface area contributed by atoms with Crippen LogP contribution in [0.15, 0.2) is 36.4 Å². The molecule has 0 aliphatic heterocycles. The van der Waals surface area contributed by atoms with E-state index < -0.39 is 0 Å². The molecular formula is C81H105O4U-5. The van der Waals surface area contributed by atoms with Crippen LogP contribution in [-0.4, -0.2) is 0 Å². The van der Waals surface area contributed by atoms with Crippen LogP contribution in [0.3, 0.4) is 0 Å². The van der Waals surface area contributed by atoms with Crippen molar-refractivity contribution in [1.29, 1.82) is 0 Å². The van der Waals surface area contributed by atoms with Crippen molar-refractivity contribution >= 4 is 0 Å². The molecule has 0 aromatic heterocycles. The molecule has 3 aromatic carbocycles. The molecule has 0 unspecified atom stereocenters. The van der Waals surface area contributed by atoms with E-state index in [2.05, 4.69) is 57.2 Å². The van der Waals surface area contributed by atoms with Gasteiger partial charge < -0.3 is 20.8 Å². The fourth-order valence-corrected chi connectivity index (χ4v) is 31.3. The second kappa shape index (κ2) is 20.3. The summed E-state index contributed by atoms with van der Waals surface area (Å²) in [5.74, 6) is 17.9. The topological polar surface area (TPSA) is 97.7 Å². The van der Waals surface area contributed by atoms with E-state index in [-0.39, 0.29) is 69.1 Å². The van der Waals surface area contributed by atoms with Crippen LogP contribution >= 0.6 is 0 Å². The van der Waals surface area contributed by atoms with Crippen LogP contribution in [0, 0.1) is 158 Å². The molecule has 24 aliphatic rings. The summed E-state index contributed by atoms with van der Waals surface area (Å²) in [6.45, 7) is 6.81. The Bertz CT molecular complexity index is 2440. The van der Waals surface area contributed by atoms with Crippen molar-refractivity contribution in [2.24, 2.45) is 107 Å². The molecule has 3 aromatic rings. The van der Waals surface area contributed by atoms with Crippen LogP contribution in [0.25, 0.3) is 0 Å². The van der Waals surface area contributed by atoms with Gasteiger partial charge in [-0.05, 0) is 424 Å². The van der Waals surface area contributed by atoms with Gasteiger partial charge in [0.2, 0.25) is 0 Å². The van der Waals surface area contributed by atoms with Gasteiger partial charge in [-0.15, -0.1) is 17.2 Å². The first-order valence-electron chi connectivity index (χ1n) is 37.0. The van der Waals surface area contributed by atoms with E-state index in [1.165, 1.54) is 281 Å². The quantitative estimate of drug-likeness (QED) is 0.246. The number of aryl methyl sites for hydroxylation is 3. The molecule has 27 rings (SSSR count). The second-order valence-corrected chi connectivity index (χ2v) is 37.8. The SMILES string of the molecule is Cc1cc(C23CC4CC(CC(C4)C2)C3)c([O-])c(C23CC4CC(CC(C4)C2)C3)c1.Cc1cc(C23CC4CC(CC(C4)C2)C3)c([O-])c(C23CC4CC(CC(C4)C2)C3)c1.Cc1cc(C23CC4CC(CC(C4)C2)C3)c([O-])c(C23CC4CC(CC(C4)C2)C3)c1.[O-2].[U]. The van der Waals surface area contributed by atoms with Crippen molar-refractivity contribution in [1.82, 2.24) is 0 Å². The average molecular weight is 1380 g/mol. The summed E-state index contributed by atoms with van der Waals surface area (Å²) in [7, 11) is 0. The summed E-state index contributed by atoms with van der Waals surface area (Å²) in [4.78, 5) is 0. The third-order valence-corrected chi connectivity index (χ3v) is 31.4. The number of benzene rings is 3. The van der Waals surface area contributed by atoms with Gasteiger partial charge in [0.25, 0.3) is 0 Å². The Hall–Kier alpha value is -1.93. The summed E-state index contributed by atoms with van der Waals surface area (Å²) in [5, 5.41) is 42.5. The molecular weight excluding hydrogens is 1270 g/mol. The first kappa shape index (κ1) is 57.9. The molecule has 0 atom stereocenters. The maximum Gasteiger partial charge on any atom is 0 e. The van der Waals surface area contributed by atoms with E-state index in [0.29, 0.717) is 17.2 Å². The minimum atomic E-state index is 0. The Morgan fingerprint density at radius 2 is 0.314 bits per heavy atom. The van der Waals surface area contributed by atoms with Gasteiger partial charge in [0.15, 0.2) is 0 Å². The van der Waals surface area contributed by atoms with Crippen LogP contribution < -0.4 is 15.3 Å². The van der Waals surface area contributed by atoms with Crippen LogP contribution in [0.2, 0.25) is 0 Å². The molecule has 462 valence electrons. The summed E-state index contributed by atoms with van der Waals surface area (Å²) in [6.07, 6.45) is 50.0. The molecule has 24 bridgehead atoms. The van der Waals surface area contributed by atoms with E-state index in [1.54, 1.807) is 0 Å². The Balaban J connectivity index is 0.0000000997. The zero-order chi connectivity index (χ0) is 56.0. The maximum absolute atomic E-state index is 14.2. The van der Waals surface area contributed by atoms with Crippen molar-refractivity contribution in [2.45, 2.75) is 284 Å². The van der Waals surface area contributed by atoms with Gasteiger partial charge in [-0.3, -0.25) is 0 Å². The fraction of sp³-hybridized carbons (Fsp3) is 0.778. The molecule has 24 saturated carbocycles. The molecule has 24 fully saturated rings. The summed E-state index contributed by atoms with van der Waals surface area (Å²) in [6, 6.07) is 14.1. The van der Waals surface area contributed by atoms with Gasteiger partial charge in [-0.2, -0.15) is 0 Å². The van der Waals surface area contributed by atoms with E-state index >= 15 is 0 Å². The predicted molar refractivity (Wildman–Crippen MR) is 332 cm³/mol. The normalized spacial score (nSPS) is 49.3. The van der Waals surface area contributed by atoms with Crippen LogP contribution in [0.1, 0.15) is 281 Å². The van der Waals surface area contributed by atoms with E-state index in [1.807, 2.05) is 0 Å². The fourth-order valence-electron chi connectivity index (χ4n) is 31.3. The molecule has 0 radical (unpaired) electrons. The molecule has 5 heteroatoms. The first-order valence-corrected chi connectivity index (χ1v) is 37.0. The second-order valence-electron chi connectivity index (χ2n) is 37.8. The minimum Gasteiger partial charge on any atom is -2.00 e. The van der Waals surface area contributed by atoms with E-state index in [9.17, 15) is 15.3 Å². The summed E-state index contributed by atoms with van der Waals surface area (Å²) in [5.41, 5.74) is 13.2. The van der Waals surface area contributed by atoms with Crippen molar-refractivity contribution in [3.05, 3.63) is 86.5 Å². The van der Waals surface area contributed by atoms with E-state index in [0.717, 1.165) is 107 Å². The zero-order valence-electron chi connectivity index (χ0n) is 53.4. The third-order valence-electron chi connectivity index (χ3n) is 31.4. The predicted octanol–water partition coefficient (Wildman–Crippen LogP) is 17.9.